The zero-order valence-electron chi connectivity index (χ0n) is 12.1. The van der Waals surface area contributed by atoms with Crippen LogP contribution < -0.4 is 5.32 Å². The third-order valence-electron chi connectivity index (χ3n) is 2.96. The SMILES string of the molecule is CCCC(CNc1nc(C)cc(C(C)C)n1)C(=O)O. The first-order valence-corrected chi connectivity index (χ1v) is 6.76. The molecule has 1 rings (SSSR count). The average Bonchev–Trinajstić information content (AvgIpc) is 2.33. The predicted octanol–water partition coefficient (Wildman–Crippen LogP) is 2.82. The van der Waals surface area contributed by atoms with Crippen molar-refractivity contribution >= 4 is 11.9 Å². The van der Waals surface area contributed by atoms with Crippen LogP contribution in [0.2, 0.25) is 0 Å². The van der Waals surface area contributed by atoms with E-state index in [4.69, 9.17) is 5.11 Å². The van der Waals surface area contributed by atoms with Crippen molar-refractivity contribution in [3.05, 3.63) is 17.5 Å². The molecule has 106 valence electrons. The summed E-state index contributed by atoms with van der Waals surface area (Å²) in [7, 11) is 0. The van der Waals surface area contributed by atoms with Crippen molar-refractivity contribution in [1.82, 2.24) is 9.97 Å². The molecule has 5 heteroatoms. The fraction of sp³-hybridized carbons (Fsp3) is 0.643. The van der Waals surface area contributed by atoms with Gasteiger partial charge < -0.3 is 10.4 Å². The lowest BCUT2D eigenvalue weighted by Crippen LogP contribution is -2.23. The predicted molar refractivity (Wildman–Crippen MR) is 75.4 cm³/mol. The molecule has 0 aliphatic rings. The molecule has 1 unspecified atom stereocenters. The molecule has 2 N–H and O–H groups in total. The van der Waals surface area contributed by atoms with E-state index >= 15 is 0 Å². The minimum Gasteiger partial charge on any atom is -0.481 e. The first kappa shape index (κ1) is 15.4. The highest BCUT2D eigenvalue weighted by molar-refractivity contribution is 5.70. The van der Waals surface area contributed by atoms with E-state index in [1.165, 1.54) is 0 Å². The highest BCUT2D eigenvalue weighted by Gasteiger charge is 2.16. The second-order valence-electron chi connectivity index (χ2n) is 5.12. The van der Waals surface area contributed by atoms with Crippen LogP contribution in [0.25, 0.3) is 0 Å². The number of aryl methyl sites for hydroxylation is 1. The molecule has 0 radical (unpaired) electrons. The van der Waals surface area contributed by atoms with E-state index in [1.807, 2.05) is 19.9 Å². The molecular formula is C14H23N3O2. The first-order chi connectivity index (χ1) is 8.93. The molecule has 0 amide bonds. The van der Waals surface area contributed by atoms with E-state index in [2.05, 4.69) is 29.1 Å². The molecule has 0 fully saturated rings. The van der Waals surface area contributed by atoms with Crippen LogP contribution in [0, 0.1) is 12.8 Å². The van der Waals surface area contributed by atoms with Crippen LogP contribution in [0.3, 0.4) is 0 Å². The number of carboxylic acid groups (broad SMARTS) is 1. The quantitative estimate of drug-likeness (QED) is 0.793. The highest BCUT2D eigenvalue weighted by atomic mass is 16.4. The highest BCUT2D eigenvalue weighted by Crippen LogP contribution is 2.15. The number of anilines is 1. The Labute approximate surface area is 114 Å². The van der Waals surface area contributed by atoms with Gasteiger partial charge in [0.15, 0.2) is 0 Å². The van der Waals surface area contributed by atoms with Crippen LogP contribution >= 0.6 is 0 Å². The van der Waals surface area contributed by atoms with Gasteiger partial charge in [-0.05, 0) is 25.3 Å². The van der Waals surface area contributed by atoms with Crippen LogP contribution in [0.15, 0.2) is 6.07 Å². The van der Waals surface area contributed by atoms with E-state index in [1.54, 1.807) is 0 Å². The third-order valence-corrected chi connectivity index (χ3v) is 2.96. The number of nitrogens with one attached hydrogen (secondary N) is 1. The van der Waals surface area contributed by atoms with Crippen molar-refractivity contribution in [2.75, 3.05) is 11.9 Å². The molecule has 0 bridgehead atoms. The number of aromatic nitrogens is 2. The molecular weight excluding hydrogens is 242 g/mol. The van der Waals surface area contributed by atoms with Gasteiger partial charge in [-0.1, -0.05) is 27.2 Å². The summed E-state index contributed by atoms with van der Waals surface area (Å²) >= 11 is 0. The molecule has 0 saturated heterocycles. The third kappa shape index (κ3) is 4.85. The van der Waals surface area contributed by atoms with Crippen LogP contribution in [-0.2, 0) is 4.79 Å². The van der Waals surface area contributed by atoms with Crippen molar-refractivity contribution in [3.63, 3.8) is 0 Å². The maximum atomic E-state index is 11.1. The van der Waals surface area contributed by atoms with Crippen LogP contribution in [0.4, 0.5) is 5.95 Å². The van der Waals surface area contributed by atoms with Crippen molar-refractivity contribution < 1.29 is 9.90 Å². The molecule has 5 nitrogen and oxygen atoms in total. The zero-order valence-corrected chi connectivity index (χ0v) is 12.1. The Balaban J connectivity index is 2.73. The van der Waals surface area contributed by atoms with Crippen LogP contribution in [0.5, 0.6) is 0 Å². The largest absolute Gasteiger partial charge is 0.481 e. The number of carboxylic acids is 1. The fourth-order valence-electron chi connectivity index (χ4n) is 1.84. The molecule has 1 aromatic rings. The second-order valence-corrected chi connectivity index (χ2v) is 5.12. The van der Waals surface area contributed by atoms with Gasteiger partial charge in [0.05, 0.1) is 5.92 Å². The van der Waals surface area contributed by atoms with E-state index in [-0.39, 0.29) is 0 Å². The number of hydrogen-bond acceptors (Lipinski definition) is 4. The molecule has 0 spiro atoms. The summed E-state index contributed by atoms with van der Waals surface area (Å²) in [5, 5.41) is 12.1. The molecule has 1 atom stereocenters. The summed E-state index contributed by atoms with van der Waals surface area (Å²) in [6.45, 7) is 8.41. The molecule has 0 aliphatic carbocycles. The molecule has 0 aliphatic heterocycles. The summed E-state index contributed by atoms with van der Waals surface area (Å²) in [6.07, 6.45) is 1.51. The zero-order chi connectivity index (χ0) is 14.4. The molecule has 1 heterocycles. The number of aliphatic carboxylic acids is 1. The van der Waals surface area contributed by atoms with E-state index < -0.39 is 11.9 Å². The van der Waals surface area contributed by atoms with Gasteiger partial charge in [0.2, 0.25) is 5.95 Å². The molecule has 0 aromatic carbocycles. The Bertz CT molecular complexity index is 433. The van der Waals surface area contributed by atoms with E-state index in [0.717, 1.165) is 17.8 Å². The normalized spacial score (nSPS) is 12.5. The van der Waals surface area contributed by atoms with Gasteiger partial charge in [-0.2, -0.15) is 0 Å². The minimum atomic E-state index is -0.772. The van der Waals surface area contributed by atoms with Gasteiger partial charge >= 0.3 is 5.97 Å². The summed E-state index contributed by atoms with van der Waals surface area (Å²) in [4.78, 5) is 19.8. The van der Waals surface area contributed by atoms with Crippen molar-refractivity contribution in [1.29, 1.82) is 0 Å². The van der Waals surface area contributed by atoms with Crippen LogP contribution in [0.1, 0.15) is 50.9 Å². The summed E-state index contributed by atoms with van der Waals surface area (Å²) in [5.74, 6) is -0.318. The second kappa shape index (κ2) is 7.07. The lowest BCUT2D eigenvalue weighted by atomic mass is 10.0. The van der Waals surface area contributed by atoms with Crippen molar-refractivity contribution in [2.24, 2.45) is 5.92 Å². The molecule has 1 aromatic heterocycles. The van der Waals surface area contributed by atoms with Gasteiger partial charge in [-0.15, -0.1) is 0 Å². The van der Waals surface area contributed by atoms with Gasteiger partial charge in [0, 0.05) is 17.9 Å². The lowest BCUT2D eigenvalue weighted by Gasteiger charge is -2.14. The maximum absolute atomic E-state index is 11.1. The first-order valence-electron chi connectivity index (χ1n) is 6.76. The summed E-state index contributed by atoms with van der Waals surface area (Å²) in [5.41, 5.74) is 1.86. The van der Waals surface area contributed by atoms with Gasteiger partial charge in [0.25, 0.3) is 0 Å². The van der Waals surface area contributed by atoms with Gasteiger partial charge in [-0.3, -0.25) is 4.79 Å². The van der Waals surface area contributed by atoms with Crippen LogP contribution in [-0.4, -0.2) is 27.6 Å². The number of carbonyl (C=O) groups is 1. The summed E-state index contributed by atoms with van der Waals surface area (Å²) in [6, 6.07) is 1.95. The average molecular weight is 265 g/mol. The van der Waals surface area contributed by atoms with Crippen molar-refractivity contribution in [3.8, 4) is 0 Å². The minimum absolute atomic E-state index is 0.327. The summed E-state index contributed by atoms with van der Waals surface area (Å²) < 4.78 is 0. The maximum Gasteiger partial charge on any atom is 0.308 e. The van der Waals surface area contributed by atoms with E-state index in [9.17, 15) is 4.79 Å². The van der Waals surface area contributed by atoms with Crippen molar-refractivity contribution in [2.45, 2.75) is 46.5 Å². The number of rotatable bonds is 7. The van der Waals surface area contributed by atoms with Gasteiger partial charge in [-0.25, -0.2) is 9.97 Å². The number of hydrogen-bond donors (Lipinski definition) is 2. The Hall–Kier alpha value is -1.65. The number of nitrogens with zero attached hydrogens (tertiary/aromatic N) is 2. The van der Waals surface area contributed by atoms with Gasteiger partial charge in [0.1, 0.15) is 0 Å². The Kier molecular flexibility index (Phi) is 5.73. The Morgan fingerprint density at radius 3 is 2.63 bits per heavy atom. The standard InChI is InChI=1S/C14H23N3O2/c1-5-6-11(13(18)19)8-15-14-16-10(4)7-12(17-14)9(2)3/h7,9,11H,5-6,8H2,1-4H3,(H,18,19)(H,15,16,17). The van der Waals surface area contributed by atoms with E-state index in [0.29, 0.717) is 24.8 Å². The monoisotopic (exact) mass is 265 g/mol. The topological polar surface area (TPSA) is 75.1 Å². The molecule has 0 saturated carbocycles. The fourth-order valence-corrected chi connectivity index (χ4v) is 1.84. The Morgan fingerprint density at radius 2 is 2.11 bits per heavy atom. The lowest BCUT2D eigenvalue weighted by molar-refractivity contribution is -0.141. The smallest absolute Gasteiger partial charge is 0.308 e. The Morgan fingerprint density at radius 1 is 1.42 bits per heavy atom. The molecule has 19 heavy (non-hydrogen) atoms.